The van der Waals surface area contributed by atoms with Crippen LogP contribution in [-0.4, -0.2) is 51.4 Å². The summed E-state index contributed by atoms with van der Waals surface area (Å²) in [6.07, 6.45) is 0. The van der Waals surface area contributed by atoms with Crippen LogP contribution in [0.15, 0.2) is 41.3 Å². The number of hydrogen-bond donors (Lipinski definition) is 2. The molecule has 2 aromatic carbocycles. The summed E-state index contributed by atoms with van der Waals surface area (Å²) in [4.78, 5) is 13.9. The van der Waals surface area contributed by atoms with Crippen LogP contribution in [0.1, 0.15) is 22.3 Å². The summed E-state index contributed by atoms with van der Waals surface area (Å²) < 4.78 is 27.6. The van der Waals surface area contributed by atoms with E-state index in [1.165, 1.54) is 0 Å². The van der Waals surface area contributed by atoms with Crippen molar-refractivity contribution in [3.05, 3.63) is 58.7 Å². The molecule has 6 nitrogen and oxygen atoms in total. The highest BCUT2D eigenvalue weighted by Crippen LogP contribution is 2.21. The first-order valence-corrected chi connectivity index (χ1v) is 11.4. The number of anilines is 1. The molecule has 1 saturated heterocycles. The van der Waals surface area contributed by atoms with Gasteiger partial charge in [0.1, 0.15) is 0 Å². The second-order valence-electron chi connectivity index (χ2n) is 7.97. The average Bonchev–Trinajstić information content (AvgIpc) is 2.67. The molecule has 3 rings (SSSR count). The number of nitrogens with zero attached hydrogens (tertiary/aromatic N) is 1. The fourth-order valence-electron chi connectivity index (χ4n) is 3.64. The van der Waals surface area contributed by atoms with Gasteiger partial charge in [0.2, 0.25) is 10.0 Å². The van der Waals surface area contributed by atoms with Crippen LogP contribution in [0.25, 0.3) is 0 Å². The van der Waals surface area contributed by atoms with Crippen LogP contribution in [0.4, 0.5) is 5.69 Å². The maximum atomic E-state index is 13.0. The van der Waals surface area contributed by atoms with E-state index >= 15 is 0 Å². The maximum Gasteiger partial charge on any atom is 0.279 e. The van der Waals surface area contributed by atoms with Gasteiger partial charge in [-0.1, -0.05) is 24.3 Å². The predicted molar refractivity (Wildman–Crippen MR) is 115 cm³/mol. The number of sulfonamides is 1. The Morgan fingerprint density at radius 3 is 2.21 bits per heavy atom. The molecule has 2 aromatic rings. The standard InChI is InChI=1S/C22H29N3O3S/c1-16-5-7-18(3)20(13-16)23-22(26)15-24-9-11-25(12-10-24)29(27,28)21-14-17(2)6-8-19(21)4/h5-8,13-14H,9-12,15H2,1-4H3,(H,23,26)/p+1. The summed E-state index contributed by atoms with van der Waals surface area (Å²) in [6.45, 7) is 10.1. The van der Waals surface area contributed by atoms with E-state index in [1.807, 2.05) is 58.0 Å². The van der Waals surface area contributed by atoms with E-state index in [0.29, 0.717) is 37.6 Å². The Kier molecular flexibility index (Phi) is 6.41. The Balaban J connectivity index is 1.59. The molecule has 0 aromatic heterocycles. The molecule has 1 aliphatic heterocycles. The molecule has 0 saturated carbocycles. The lowest BCUT2D eigenvalue weighted by Gasteiger charge is -2.31. The summed E-state index contributed by atoms with van der Waals surface area (Å²) in [5.41, 5.74) is 4.66. The van der Waals surface area contributed by atoms with Crippen LogP contribution in [-0.2, 0) is 14.8 Å². The second-order valence-corrected chi connectivity index (χ2v) is 9.87. The Morgan fingerprint density at radius 1 is 0.966 bits per heavy atom. The summed E-state index contributed by atoms with van der Waals surface area (Å²) in [6, 6.07) is 11.5. The molecule has 0 radical (unpaired) electrons. The fraction of sp³-hybridized carbons (Fsp3) is 0.409. The molecule has 156 valence electrons. The van der Waals surface area contributed by atoms with Gasteiger partial charge in [-0.15, -0.1) is 0 Å². The molecule has 2 N–H and O–H groups in total. The molecular weight excluding hydrogens is 386 g/mol. The minimum Gasteiger partial charge on any atom is -0.325 e. The Labute approximate surface area is 173 Å². The lowest BCUT2D eigenvalue weighted by Crippen LogP contribution is -3.15. The molecule has 0 spiro atoms. The molecule has 0 aliphatic carbocycles. The van der Waals surface area contributed by atoms with Crippen LogP contribution in [0, 0.1) is 27.7 Å². The number of aryl methyl sites for hydroxylation is 4. The van der Waals surface area contributed by atoms with E-state index in [1.54, 1.807) is 10.4 Å². The van der Waals surface area contributed by atoms with Crippen molar-refractivity contribution in [1.82, 2.24) is 4.31 Å². The van der Waals surface area contributed by atoms with Crippen molar-refractivity contribution in [3.63, 3.8) is 0 Å². The highest BCUT2D eigenvalue weighted by Gasteiger charge is 2.32. The van der Waals surface area contributed by atoms with E-state index in [4.69, 9.17) is 0 Å². The van der Waals surface area contributed by atoms with Gasteiger partial charge in [0, 0.05) is 5.69 Å². The first-order valence-electron chi connectivity index (χ1n) is 9.95. The topological polar surface area (TPSA) is 70.9 Å². The Bertz CT molecular complexity index is 1010. The summed E-state index contributed by atoms with van der Waals surface area (Å²) in [7, 11) is -3.51. The molecular formula is C22H30N3O3S+. The molecule has 1 amide bonds. The van der Waals surface area contributed by atoms with Crippen LogP contribution < -0.4 is 10.2 Å². The lowest BCUT2D eigenvalue weighted by atomic mass is 10.1. The van der Waals surface area contributed by atoms with Crippen molar-refractivity contribution in [3.8, 4) is 0 Å². The van der Waals surface area contributed by atoms with Gasteiger partial charge in [-0.05, 0) is 62.1 Å². The Hall–Kier alpha value is -2.22. The molecule has 29 heavy (non-hydrogen) atoms. The number of amides is 1. The van der Waals surface area contributed by atoms with Crippen LogP contribution >= 0.6 is 0 Å². The molecule has 1 fully saturated rings. The number of rotatable bonds is 5. The van der Waals surface area contributed by atoms with Crippen LogP contribution in [0.3, 0.4) is 0 Å². The predicted octanol–water partition coefficient (Wildman–Crippen LogP) is 1.45. The molecule has 0 bridgehead atoms. The summed E-state index contributed by atoms with van der Waals surface area (Å²) >= 11 is 0. The van der Waals surface area contributed by atoms with E-state index < -0.39 is 10.0 Å². The number of carbonyl (C=O) groups excluding carboxylic acids is 1. The van der Waals surface area contributed by atoms with Crippen molar-refractivity contribution in [1.29, 1.82) is 0 Å². The zero-order chi connectivity index (χ0) is 21.2. The van der Waals surface area contributed by atoms with Gasteiger partial charge in [0.15, 0.2) is 6.54 Å². The lowest BCUT2D eigenvalue weighted by molar-refractivity contribution is -0.895. The largest absolute Gasteiger partial charge is 0.325 e. The van der Waals surface area contributed by atoms with Crippen molar-refractivity contribution in [2.45, 2.75) is 32.6 Å². The summed E-state index contributed by atoms with van der Waals surface area (Å²) in [5, 5.41) is 2.99. The van der Waals surface area contributed by atoms with Crippen LogP contribution in [0.2, 0.25) is 0 Å². The van der Waals surface area contributed by atoms with Gasteiger partial charge in [0.05, 0.1) is 31.1 Å². The first-order chi connectivity index (χ1) is 13.7. The number of benzene rings is 2. The van der Waals surface area contributed by atoms with Gasteiger partial charge in [-0.3, -0.25) is 4.79 Å². The normalized spacial score (nSPS) is 16.0. The zero-order valence-corrected chi connectivity index (χ0v) is 18.4. The van der Waals surface area contributed by atoms with Crippen molar-refractivity contribution in [2.24, 2.45) is 0 Å². The van der Waals surface area contributed by atoms with E-state index in [9.17, 15) is 13.2 Å². The number of nitrogens with one attached hydrogen (secondary N) is 2. The van der Waals surface area contributed by atoms with Gasteiger partial charge in [-0.2, -0.15) is 4.31 Å². The van der Waals surface area contributed by atoms with Crippen LogP contribution in [0.5, 0.6) is 0 Å². The van der Waals surface area contributed by atoms with Crippen molar-refractivity contribution >= 4 is 21.6 Å². The highest BCUT2D eigenvalue weighted by molar-refractivity contribution is 7.89. The molecule has 0 atom stereocenters. The minimum absolute atomic E-state index is 0.0421. The molecule has 7 heteroatoms. The number of piperazine rings is 1. The maximum absolute atomic E-state index is 13.0. The summed E-state index contributed by atoms with van der Waals surface area (Å²) in [5.74, 6) is -0.0421. The molecule has 0 unspecified atom stereocenters. The third kappa shape index (κ3) is 5.04. The third-order valence-corrected chi connectivity index (χ3v) is 7.51. The fourth-order valence-corrected chi connectivity index (χ4v) is 5.39. The second kappa shape index (κ2) is 8.65. The number of hydrogen-bond acceptors (Lipinski definition) is 3. The number of carbonyl (C=O) groups is 1. The van der Waals surface area contributed by atoms with Gasteiger partial charge in [-0.25, -0.2) is 8.42 Å². The van der Waals surface area contributed by atoms with Gasteiger partial charge >= 0.3 is 0 Å². The number of quaternary nitrogens is 1. The molecule has 1 aliphatic rings. The van der Waals surface area contributed by atoms with E-state index in [0.717, 1.165) is 32.8 Å². The Morgan fingerprint density at radius 2 is 1.55 bits per heavy atom. The van der Waals surface area contributed by atoms with E-state index in [2.05, 4.69) is 5.32 Å². The van der Waals surface area contributed by atoms with E-state index in [-0.39, 0.29) is 5.91 Å². The minimum atomic E-state index is -3.51. The van der Waals surface area contributed by atoms with Crippen molar-refractivity contribution < 1.29 is 18.1 Å². The quantitative estimate of drug-likeness (QED) is 0.775. The van der Waals surface area contributed by atoms with Gasteiger partial charge in [0.25, 0.3) is 5.91 Å². The van der Waals surface area contributed by atoms with Gasteiger partial charge < -0.3 is 10.2 Å². The third-order valence-electron chi connectivity index (χ3n) is 5.47. The monoisotopic (exact) mass is 416 g/mol. The zero-order valence-electron chi connectivity index (χ0n) is 17.6. The highest BCUT2D eigenvalue weighted by atomic mass is 32.2. The van der Waals surface area contributed by atoms with Crippen molar-refractivity contribution in [2.75, 3.05) is 38.0 Å². The average molecular weight is 417 g/mol. The molecule has 1 heterocycles. The SMILES string of the molecule is Cc1ccc(C)c(NC(=O)C[NH+]2CCN(S(=O)(=O)c3cc(C)ccc3C)CC2)c1. The first kappa shape index (κ1) is 21.5. The smallest absolute Gasteiger partial charge is 0.279 e.